The van der Waals surface area contributed by atoms with Gasteiger partial charge in [-0.25, -0.2) is 9.97 Å². The zero-order valence-electron chi connectivity index (χ0n) is 16.4. The first kappa shape index (κ1) is 21.9. The van der Waals surface area contributed by atoms with E-state index in [1.165, 1.54) is 41.7 Å². The Morgan fingerprint density at radius 1 is 1.09 bits per heavy atom. The third kappa shape index (κ3) is 4.78. The van der Waals surface area contributed by atoms with Crippen molar-refractivity contribution in [3.8, 4) is 0 Å². The Balaban J connectivity index is 1.48. The standard InChI is InChI=1S/C21H15F3N4O2S2/c1-11(12-3-2-4-13(7-12)21(22,23)24)18(29)28-20-27-15-6-5-14(8-17(15)32-20)26-19(30)16-9-31-10-25-16/h2-11H,1H3,(H,26,30)(H,27,28,29). The molecule has 32 heavy (non-hydrogen) atoms. The number of nitrogens with zero attached hydrogens (tertiary/aromatic N) is 2. The van der Waals surface area contributed by atoms with Crippen molar-refractivity contribution in [2.75, 3.05) is 10.6 Å². The molecule has 2 N–H and O–H groups in total. The van der Waals surface area contributed by atoms with Crippen LogP contribution in [0.3, 0.4) is 0 Å². The van der Waals surface area contributed by atoms with Crippen molar-refractivity contribution in [3.63, 3.8) is 0 Å². The SMILES string of the molecule is CC(C(=O)Nc1nc2ccc(NC(=O)c3cscn3)cc2s1)c1cccc(C(F)(F)F)c1. The molecule has 2 heterocycles. The molecule has 2 amide bonds. The molecular formula is C21H15F3N4O2S2. The van der Waals surface area contributed by atoms with Crippen LogP contribution in [0.1, 0.15) is 34.5 Å². The van der Waals surface area contributed by atoms with Crippen LogP contribution in [0.2, 0.25) is 0 Å². The van der Waals surface area contributed by atoms with Gasteiger partial charge >= 0.3 is 6.18 Å². The monoisotopic (exact) mass is 476 g/mol. The lowest BCUT2D eigenvalue weighted by Gasteiger charge is -2.13. The quantitative estimate of drug-likeness (QED) is 0.383. The van der Waals surface area contributed by atoms with Crippen LogP contribution < -0.4 is 10.6 Å². The highest BCUT2D eigenvalue weighted by molar-refractivity contribution is 7.22. The van der Waals surface area contributed by atoms with Gasteiger partial charge < -0.3 is 10.6 Å². The molecule has 2 aromatic heterocycles. The molecule has 6 nitrogen and oxygen atoms in total. The van der Waals surface area contributed by atoms with Crippen molar-refractivity contribution >= 4 is 55.5 Å². The van der Waals surface area contributed by atoms with Gasteiger partial charge in [0.15, 0.2) is 5.13 Å². The van der Waals surface area contributed by atoms with Crippen LogP contribution in [0, 0.1) is 0 Å². The first-order valence-electron chi connectivity index (χ1n) is 9.29. The minimum Gasteiger partial charge on any atom is -0.321 e. The van der Waals surface area contributed by atoms with Gasteiger partial charge in [0.2, 0.25) is 5.91 Å². The number of aromatic nitrogens is 2. The van der Waals surface area contributed by atoms with E-state index < -0.39 is 23.6 Å². The zero-order chi connectivity index (χ0) is 22.9. The van der Waals surface area contributed by atoms with Crippen LogP contribution in [0.25, 0.3) is 10.2 Å². The third-order valence-corrected chi connectivity index (χ3v) is 6.17. The number of carbonyl (C=O) groups excluding carboxylic acids is 2. The first-order valence-corrected chi connectivity index (χ1v) is 11.0. The van der Waals surface area contributed by atoms with Gasteiger partial charge in [0.05, 0.1) is 27.2 Å². The molecule has 0 aliphatic rings. The smallest absolute Gasteiger partial charge is 0.321 e. The number of alkyl halides is 3. The Kier molecular flexibility index (Phi) is 5.94. The van der Waals surface area contributed by atoms with Gasteiger partial charge in [-0.1, -0.05) is 29.5 Å². The topological polar surface area (TPSA) is 84.0 Å². The van der Waals surface area contributed by atoms with Crippen molar-refractivity contribution in [2.45, 2.75) is 19.0 Å². The molecule has 0 aliphatic carbocycles. The maximum Gasteiger partial charge on any atom is 0.416 e. The molecule has 1 unspecified atom stereocenters. The van der Waals surface area contributed by atoms with Crippen LogP contribution in [0.4, 0.5) is 24.0 Å². The van der Waals surface area contributed by atoms with Crippen molar-refractivity contribution in [2.24, 2.45) is 0 Å². The highest BCUT2D eigenvalue weighted by Gasteiger charge is 2.31. The van der Waals surface area contributed by atoms with E-state index in [4.69, 9.17) is 0 Å². The van der Waals surface area contributed by atoms with Crippen molar-refractivity contribution in [3.05, 3.63) is 70.2 Å². The number of thiazole rings is 2. The Labute approximate surface area is 188 Å². The molecule has 2 aromatic carbocycles. The summed E-state index contributed by atoms with van der Waals surface area (Å²) in [6, 6.07) is 9.81. The average molecular weight is 477 g/mol. The number of hydrogen-bond acceptors (Lipinski definition) is 6. The van der Waals surface area contributed by atoms with E-state index in [0.717, 1.165) is 16.8 Å². The van der Waals surface area contributed by atoms with Gasteiger partial charge in [0, 0.05) is 11.1 Å². The normalized spacial score (nSPS) is 12.5. The number of halogens is 3. The number of nitrogens with one attached hydrogen (secondary N) is 2. The van der Waals surface area contributed by atoms with Gasteiger partial charge in [-0.3, -0.25) is 9.59 Å². The summed E-state index contributed by atoms with van der Waals surface area (Å²) in [6.45, 7) is 1.53. The fraction of sp³-hybridized carbons (Fsp3) is 0.143. The second-order valence-corrected chi connectivity index (χ2v) is 8.61. The fourth-order valence-corrected chi connectivity index (χ4v) is 4.37. The summed E-state index contributed by atoms with van der Waals surface area (Å²) in [5, 5.41) is 7.36. The van der Waals surface area contributed by atoms with Gasteiger partial charge in [0.1, 0.15) is 5.69 Å². The summed E-state index contributed by atoms with van der Waals surface area (Å²) in [5.41, 5.74) is 2.50. The largest absolute Gasteiger partial charge is 0.416 e. The highest BCUT2D eigenvalue weighted by atomic mass is 32.1. The Morgan fingerprint density at radius 3 is 2.62 bits per heavy atom. The molecule has 4 aromatic rings. The van der Waals surface area contributed by atoms with Crippen molar-refractivity contribution in [1.82, 2.24) is 9.97 Å². The van der Waals surface area contributed by atoms with Gasteiger partial charge in [0.25, 0.3) is 5.91 Å². The molecule has 0 fully saturated rings. The summed E-state index contributed by atoms with van der Waals surface area (Å²) in [7, 11) is 0. The molecule has 1 atom stereocenters. The summed E-state index contributed by atoms with van der Waals surface area (Å²) < 4.78 is 39.6. The zero-order valence-corrected chi connectivity index (χ0v) is 18.1. The van der Waals surface area contributed by atoms with E-state index in [-0.39, 0.29) is 11.5 Å². The lowest BCUT2D eigenvalue weighted by molar-refractivity contribution is -0.137. The van der Waals surface area contributed by atoms with Crippen LogP contribution in [0.15, 0.2) is 53.4 Å². The van der Waals surface area contributed by atoms with E-state index in [9.17, 15) is 22.8 Å². The number of rotatable bonds is 5. The molecule has 11 heteroatoms. The number of carbonyl (C=O) groups is 2. The van der Waals surface area contributed by atoms with Crippen LogP contribution in [-0.4, -0.2) is 21.8 Å². The predicted molar refractivity (Wildman–Crippen MR) is 118 cm³/mol. The second kappa shape index (κ2) is 8.67. The number of amides is 2. The van der Waals surface area contributed by atoms with Gasteiger partial charge in [-0.2, -0.15) is 13.2 Å². The van der Waals surface area contributed by atoms with Crippen LogP contribution in [0.5, 0.6) is 0 Å². The first-order chi connectivity index (χ1) is 15.2. The van der Waals surface area contributed by atoms with Crippen LogP contribution in [-0.2, 0) is 11.0 Å². The van der Waals surface area contributed by atoms with E-state index >= 15 is 0 Å². The molecule has 0 aliphatic heterocycles. The van der Waals surface area contributed by atoms with E-state index in [1.54, 1.807) is 29.1 Å². The number of anilines is 2. The van der Waals surface area contributed by atoms with Crippen molar-refractivity contribution < 1.29 is 22.8 Å². The number of fused-ring (bicyclic) bond motifs is 1. The summed E-state index contributed by atoms with van der Waals surface area (Å²) in [4.78, 5) is 33.1. The van der Waals surface area contributed by atoms with E-state index in [0.29, 0.717) is 22.0 Å². The molecule has 4 rings (SSSR count). The maximum absolute atomic E-state index is 13.0. The molecule has 0 radical (unpaired) electrons. The number of hydrogen-bond donors (Lipinski definition) is 2. The van der Waals surface area contributed by atoms with Crippen LogP contribution >= 0.6 is 22.7 Å². The number of benzene rings is 2. The Bertz CT molecular complexity index is 1290. The average Bonchev–Trinajstić information content (AvgIpc) is 3.42. The predicted octanol–water partition coefficient (Wildman–Crippen LogP) is 5.77. The lowest BCUT2D eigenvalue weighted by Crippen LogP contribution is -2.19. The molecule has 0 bridgehead atoms. The van der Waals surface area contributed by atoms with Gasteiger partial charge in [-0.15, -0.1) is 11.3 Å². The summed E-state index contributed by atoms with van der Waals surface area (Å²) in [6.07, 6.45) is -4.48. The molecule has 0 spiro atoms. The molecular weight excluding hydrogens is 461 g/mol. The highest BCUT2D eigenvalue weighted by Crippen LogP contribution is 2.32. The van der Waals surface area contributed by atoms with Gasteiger partial charge in [-0.05, 0) is 36.8 Å². The van der Waals surface area contributed by atoms with E-state index in [2.05, 4.69) is 20.6 Å². The summed E-state index contributed by atoms with van der Waals surface area (Å²) >= 11 is 2.51. The summed E-state index contributed by atoms with van der Waals surface area (Å²) in [5.74, 6) is -1.61. The molecule has 164 valence electrons. The molecule has 0 saturated carbocycles. The third-order valence-electron chi connectivity index (χ3n) is 4.65. The Hall–Kier alpha value is -3.31. The lowest BCUT2D eigenvalue weighted by atomic mass is 9.98. The second-order valence-electron chi connectivity index (χ2n) is 6.86. The van der Waals surface area contributed by atoms with E-state index in [1.807, 2.05) is 0 Å². The fourth-order valence-electron chi connectivity index (χ4n) is 2.92. The molecule has 0 saturated heterocycles. The van der Waals surface area contributed by atoms with Crippen molar-refractivity contribution in [1.29, 1.82) is 0 Å². The minimum absolute atomic E-state index is 0.255. The maximum atomic E-state index is 13.0. The minimum atomic E-state index is -4.48. The Morgan fingerprint density at radius 2 is 1.91 bits per heavy atom.